The van der Waals surface area contributed by atoms with E-state index in [1.54, 1.807) is 4.90 Å². The monoisotopic (exact) mass is 260 g/mol. The van der Waals surface area contributed by atoms with Crippen molar-refractivity contribution in [2.75, 3.05) is 11.4 Å². The quantitative estimate of drug-likeness (QED) is 0.904. The minimum Gasteiger partial charge on any atom is -0.344 e. The highest BCUT2D eigenvalue weighted by Crippen LogP contribution is 2.22. The lowest BCUT2D eigenvalue weighted by Gasteiger charge is -2.25. The Hall–Kier alpha value is -1.84. The van der Waals surface area contributed by atoms with Gasteiger partial charge in [-0.1, -0.05) is 31.5 Å². The molecule has 1 fully saturated rings. The Morgan fingerprint density at radius 2 is 2.05 bits per heavy atom. The SMILES string of the molecule is CCCC1NC(=O)CCN(c2ccccc2C)C1=O. The summed E-state index contributed by atoms with van der Waals surface area (Å²) in [6, 6.07) is 7.40. The summed E-state index contributed by atoms with van der Waals surface area (Å²) in [7, 11) is 0. The smallest absolute Gasteiger partial charge is 0.249 e. The molecule has 1 N–H and O–H groups in total. The molecule has 0 saturated carbocycles. The van der Waals surface area contributed by atoms with Gasteiger partial charge in [-0.25, -0.2) is 0 Å². The van der Waals surface area contributed by atoms with Gasteiger partial charge in [0.05, 0.1) is 0 Å². The van der Waals surface area contributed by atoms with Crippen LogP contribution in [-0.2, 0) is 9.59 Å². The topological polar surface area (TPSA) is 49.4 Å². The maximum absolute atomic E-state index is 12.5. The summed E-state index contributed by atoms with van der Waals surface area (Å²) in [6.07, 6.45) is 1.92. The first-order valence-electron chi connectivity index (χ1n) is 6.80. The van der Waals surface area contributed by atoms with E-state index in [1.807, 2.05) is 38.1 Å². The van der Waals surface area contributed by atoms with Crippen molar-refractivity contribution in [3.63, 3.8) is 0 Å². The second-order valence-electron chi connectivity index (χ2n) is 4.94. The maximum atomic E-state index is 12.5. The zero-order valence-electron chi connectivity index (χ0n) is 11.5. The molecule has 1 aliphatic rings. The van der Waals surface area contributed by atoms with Crippen LogP contribution in [0.5, 0.6) is 0 Å². The number of amides is 2. The van der Waals surface area contributed by atoms with Gasteiger partial charge in [0.25, 0.3) is 0 Å². The normalized spacial score (nSPS) is 20.1. The van der Waals surface area contributed by atoms with Gasteiger partial charge in [-0.3, -0.25) is 9.59 Å². The average molecular weight is 260 g/mol. The summed E-state index contributed by atoms with van der Waals surface area (Å²) in [5, 5.41) is 2.82. The standard InChI is InChI=1S/C15H20N2O2/c1-3-6-12-15(19)17(10-9-14(18)16-12)13-8-5-4-7-11(13)2/h4-5,7-8,12H,3,6,9-10H2,1-2H3,(H,16,18). The number of aryl methyl sites for hydroxylation is 1. The molecule has 1 heterocycles. The first-order chi connectivity index (χ1) is 9.13. The van der Waals surface area contributed by atoms with E-state index >= 15 is 0 Å². The van der Waals surface area contributed by atoms with E-state index in [-0.39, 0.29) is 17.9 Å². The molecule has 4 heteroatoms. The van der Waals surface area contributed by atoms with Crippen LogP contribution in [0.2, 0.25) is 0 Å². The Kier molecular flexibility index (Phi) is 4.20. The van der Waals surface area contributed by atoms with Crippen LogP contribution in [-0.4, -0.2) is 24.4 Å². The fourth-order valence-electron chi connectivity index (χ4n) is 2.43. The molecule has 0 aromatic heterocycles. The van der Waals surface area contributed by atoms with Crippen molar-refractivity contribution in [2.24, 2.45) is 0 Å². The van der Waals surface area contributed by atoms with Crippen molar-refractivity contribution in [3.05, 3.63) is 29.8 Å². The highest BCUT2D eigenvalue weighted by Gasteiger charge is 2.30. The number of nitrogens with zero attached hydrogens (tertiary/aromatic N) is 1. The lowest BCUT2D eigenvalue weighted by molar-refractivity contribution is -0.125. The molecule has 1 saturated heterocycles. The Bertz CT molecular complexity index is 485. The lowest BCUT2D eigenvalue weighted by atomic mass is 10.1. The highest BCUT2D eigenvalue weighted by molar-refractivity contribution is 6.01. The molecule has 1 aromatic carbocycles. The van der Waals surface area contributed by atoms with Crippen LogP contribution in [0.1, 0.15) is 31.7 Å². The second-order valence-corrected chi connectivity index (χ2v) is 4.94. The van der Waals surface area contributed by atoms with E-state index < -0.39 is 0 Å². The van der Waals surface area contributed by atoms with Gasteiger partial charge in [0.2, 0.25) is 11.8 Å². The van der Waals surface area contributed by atoms with Gasteiger partial charge in [0, 0.05) is 18.7 Å². The lowest BCUT2D eigenvalue weighted by Crippen LogP contribution is -2.44. The maximum Gasteiger partial charge on any atom is 0.249 e. The number of rotatable bonds is 3. The molecule has 1 aromatic rings. The molecule has 4 nitrogen and oxygen atoms in total. The summed E-state index contributed by atoms with van der Waals surface area (Å²) in [4.78, 5) is 26.0. The minimum absolute atomic E-state index is 0.00185. The summed E-state index contributed by atoms with van der Waals surface area (Å²) < 4.78 is 0. The number of nitrogens with one attached hydrogen (secondary N) is 1. The summed E-state index contributed by atoms with van der Waals surface area (Å²) in [5.41, 5.74) is 1.96. The highest BCUT2D eigenvalue weighted by atomic mass is 16.2. The molecule has 0 radical (unpaired) electrons. The van der Waals surface area contributed by atoms with Gasteiger partial charge in [-0.2, -0.15) is 0 Å². The van der Waals surface area contributed by atoms with Gasteiger partial charge in [-0.05, 0) is 25.0 Å². The van der Waals surface area contributed by atoms with Crippen LogP contribution in [0.3, 0.4) is 0 Å². The first kappa shape index (κ1) is 13.6. The van der Waals surface area contributed by atoms with Crippen LogP contribution in [0.25, 0.3) is 0 Å². The van der Waals surface area contributed by atoms with Gasteiger partial charge in [0.1, 0.15) is 6.04 Å². The molecule has 19 heavy (non-hydrogen) atoms. The fraction of sp³-hybridized carbons (Fsp3) is 0.467. The molecule has 0 bridgehead atoms. The van der Waals surface area contributed by atoms with Crippen LogP contribution in [0, 0.1) is 6.92 Å². The molecule has 2 rings (SSSR count). The Morgan fingerprint density at radius 3 is 2.74 bits per heavy atom. The number of benzene rings is 1. The van der Waals surface area contributed by atoms with E-state index in [4.69, 9.17) is 0 Å². The molecule has 1 unspecified atom stereocenters. The third kappa shape index (κ3) is 2.95. The second kappa shape index (κ2) is 5.87. The Labute approximate surface area is 113 Å². The number of carbonyl (C=O) groups excluding carboxylic acids is 2. The average Bonchev–Trinajstić information content (AvgIpc) is 2.52. The number of carbonyl (C=O) groups is 2. The number of para-hydroxylation sites is 1. The number of hydrogen-bond acceptors (Lipinski definition) is 2. The van der Waals surface area contributed by atoms with E-state index in [0.717, 1.165) is 17.7 Å². The van der Waals surface area contributed by atoms with Gasteiger partial charge in [0.15, 0.2) is 0 Å². The number of anilines is 1. The summed E-state index contributed by atoms with van der Waals surface area (Å²) in [6.45, 7) is 4.45. The zero-order chi connectivity index (χ0) is 13.8. The molecule has 1 atom stereocenters. The van der Waals surface area contributed by atoms with Crippen molar-refractivity contribution in [1.82, 2.24) is 5.32 Å². The van der Waals surface area contributed by atoms with Gasteiger partial charge >= 0.3 is 0 Å². The van der Waals surface area contributed by atoms with Crippen molar-refractivity contribution >= 4 is 17.5 Å². The largest absolute Gasteiger partial charge is 0.344 e. The molecular weight excluding hydrogens is 240 g/mol. The number of hydrogen-bond donors (Lipinski definition) is 1. The fourth-order valence-corrected chi connectivity index (χ4v) is 2.43. The molecular formula is C15H20N2O2. The Balaban J connectivity index is 2.31. The van der Waals surface area contributed by atoms with Crippen LogP contribution < -0.4 is 10.2 Å². The van der Waals surface area contributed by atoms with Crippen molar-refractivity contribution < 1.29 is 9.59 Å². The predicted molar refractivity (Wildman–Crippen MR) is 75.0 cm³/mol. The van der Waals surface area contributed by atoms with E-state index in [0.29, 0.717) is 19.4 Å². The predicted octanol–water partition coefficient (Wildman–Crippen LogP) is 2.02. The van der Waals surface area contributed by atoms with E-state index in [9.17, 15) is 9.59 Å². The minimum atomic E-state index is -0.389. The van der Waals surface area contributed by atoms with Gasteiger partial charge < -0.3 is 10.2 Å². The van der Waals surface area contributed by atoms with Crippen molar-refractivity contribution in [3.8, 4) is 0 Å². The van der Waals surface area contributed by atoms with Crippen molar-refractivity contribution in [1.29, 1.82) is 0 Å². The zero-order valence-corrected chi connectivity index (χ0v) is 11.5. The third-order valence-electron chi connectivity index (χ3n) is 3.45. The summed E-state index contributed by atoms with van der Waals surface area (Å²) >= 11 is 0. The van der Waals surface area contributed by atoms with Crippen molar-refractivity contribution in [2.45, 2.75) is 39.2 Å². The van der Waals surface area contributed by atoms with Crippen LogP contribution in [0.15, 0.2) is 24.3 Å². The third-order valence-corrected chi connectivity index (χ3v) is 3.45. The molecule has 0 aliphatic carbocycles. The van der Waals surface area contributed by atoms with E-state index in [1.165, 1.54) is 0 Å². The van der Waals surface area contributed by atoms with E-state index in [2.05, 4.69) is 5.32 Å². The molecule has 2 amide bonds. The van der Waals surface area contributed by atoms with Crippen LogP contribution in [0.4, 0.5) is 5.69 Å². The summed E-state index contributed by atoms with van der Waals surface area (Å²) in [5.74, 6) is -0.0371. The molecule has 0 spiro atoms. The molecule has 1 aliphatic heterocycles. The Morgan fingerprint density at radius 1 is 1.32 bits per heavy atom. The molecule has 102 valence electrons. The van der Waals surface area contributed by atoms with Gasteiger partial charge in [-0.15, -0.1) is 0 Å². The van der Waals surface area contributed by atoms with Crippen LogP contribution >= 0.6 is 0 Å². The first-order valence-corrected chi connectivity index (χ1v) is 6.80.